The van der Waals surface area contributed by atoms with Crippen LogP contribution in [0.4, 0.5) is 4.39 Å². The number of hydrogen-bond donors (Lipinski definition) is 1. The molecule has 0 aliphatic rings. The van der Waals surface area contributed by atoms with Gasteiger partial charge in [0.25, 0.3) is 0 Å². The fourth-order valence-electron chi connectivity index (χ4n) is 2.08. The molecule has 4 heteroatoms. The van der Waals surface area contributed by atoms with Gasteiger partial charge in [0.2, 0.25) is 0 Å². The first-order valence-electron chi connectivity index (χ1n) is 7.69. The minimum atomic E-state index is -0.196. The summed E-state index contributed by atoms with van der Waals surface area (Å²) in [5.74, 6) is 1.05. The van der Waals surface area contributed by atoms with E-state index in [1.165, 1.54) is 0 Å². The van der Waals surface area contributed by atoms with E-state index in [1.54, 1.807) is 19.1 Å². The predicted octanol–water partition coefficient (Wildman–Crippen LogP) is 3.86. The lowest BCUT2D eigenvalue weighted by molar-refractivity contribution is 0.0814. The highest BCUT2D eigenvalue weighted by molar-refractivity contribution is 5.40. The summed E-state index contributed by atoms with van der Waals surface area (Å²) in [4.78, 5) is 0. The first-order valence-corrected chi connectivity index (χ1v) is 7.69. The van der Waals surface area contributed by atoms with Crippen LogP contribution < -0.4 is 10.1 Å². The van der Waals surface area contributed by atoms with Gasteiger partial charge in [-0.3, -0.25) is 0 Å². The zero-order valence-corrected chi connectivity index (χ0v) is 13.8. The summed E-state index contributed by atoms with van der Waals surface area (Å²) in [5, 5.41) is 3.29. The zero-order valence-electron chi connectivity index (χ0n) is 13.8. The normalized spacial score (nSPS) is 12.7. The van der Waals surface area contributed by atoms with Crippen molar-refractivity contribution >= 4 is 0 Å². The second-order valence-corrected chi connectivity index (χ2v) is 5.74. The lowest BCUT2D eigenvalue weighted by atomic mass is 10.0. The second-order valence-electron chi connectivity index (χ2n) is 5.74. The van der Waals surface area contributed by atoms with Crippen molar-refractivity contribution in [3.05, 3.63) is 29.1 Å². The molecule has 21 heavy (non-hydrogen) atoms. The van der Waals surface area contributed by atoms with Crippen molar-refractivity contribution in [1.29, 1.82) is 0 Å². The number of hydrogen-bond acceptors (Lipinski definition) is 3. The van der Waals surface area contributed by atoms with E-state index in [1.807, 2.05) is 13.8 Å². The maximum atomic E-state index is 13.8. The van der Waals surface area contributed by atoms with Crippen LogP contribution in [0.1, 0.15) is 44.9 Å². The molecule has 0 fully saturated rings. The van der Waals surface area contributed by atoms with Crippen molar-refractivity contribution in [2.75, 3.05) is 26.4 Å². The molecule has 1 unspecified atom stereocenters. The molecule has 1 aromatic carbocycles. The molecule has 0 amide bonds. The monoisotopic (exact) mass is 297 g/mol. The summed E-state index contributed by atoms with van der Waals surface area (Å²) in [6.45, 7) is 12.6. The standard InChI is InChI=1S/C17H28FNO2/c1-6-19-14(5)15-10-16(18)13(4)9-17(15)21-8-7-20-11-12(2)3/h9-10,12,14,19H,6-8,11H2,1-5H3. The van der Waals surface area contributed by atoms with Crippen molar-refractivity contribution in [3.63, 3.8) is 0 Å². The summed E-state index contributed by atoms with van der Waals surface area (Å²) in [6, 6.07) is 3.38. The summed E-state index contributed by atoms with van der Waals surface area (Å²) >= 11 is 0. The van der Waals surface area contributed by atoms with Gasteiger partial charge in [0.1, 0.15) is 18.2 Å². The van der Waals surface area contributed by atoms with Crippen LogP contribution in [0.15, 0.2) is 12.1 Å². The van der Waals surface area contributed by atoms with Crippen LogP contribution >= 0.6 is 0 Å². The van der Waals surface area contributed by atoms with Crippen molar-refractivity contribution in [2.45, 2.75) is 40.7 Å². The van der Waals surface area contributed by atoms with E-state index in [2.05, 4.69) is 19.2 Å². The molecule has 0 radical (unpaired) electrons. The highest BCUT2D eigenvalue weighted by atomic mass is 19.1. The second kappa shape index (κ2) is 9.00. The molecule has 120 valence electrons. The van der Waals surface area contributed by atoms with Crippen molar-refractivity contribution in [3.8, 4) is 5.75 Å². The molecule has 0 aliphatic heterocycles. The van der Waals surface area contributed by atoms with E-state index in [9.17, 15) is 4.39 Å². The third-order valence-electron chi connectivity index (χ3n) is 3.20. The van der Waals surface area contributed by atoms with E-state index in [-0.39, 0.29) is 11.9 Å². The lowest BCUT2D eigenvalue weighted by Gasteiger charge is -2.19. The van der Waals surface area contributed by atoms with Crippen LogP contribution in [-0.2, 0) is 4.74 Å². The molecule has 3 nitrogen and oxygen atoms in total. The summed E-state index contributed by atoms with van der Waals surface area (Å²) in [7, 11) is 0. The van der Waals surface area contributed by atoms with E-state index in [0.29, 0.717) is 24.7 Å². The van der Waals surface area contributed by atoms with Gasteiger partial charge in [-0.25, -0.2) is 4.39 Å². The molecule has 1 atom stereocenters. The molecular weight excluding hydrogens is 269 g/mol. The summed E-state index contributed by atoms with van der Waals surface area (Å²) < 4.78 is 25.1. The smallest absolute Gasteiger partial charge is 0.126 e. The maximum absolute atomic E-state index is 13.8. The number of rotatable bonds is 9. The Hall–Kier alpha value is -1.13. The van der Waals surface area contributed by atoms with Crippen molar-refractivity contribution < 1.29 is 13.9 Å². The highest BCUT2D eigenvalue weighted by Crippen LogP contribution is 2.28. The van der Waals surface area contributed by atoms with E-state index in [0.717, 1.165) is 24.5 Å². The van der Waals surface area contributed by atoms with Gasteiger partial charge in [-0.05, 0) is 44.0 Å². The van der Waals surface area contributed by atoms with Gasteiger partial charge in [0.05, 0.1) is 6.61 Å². The van der Waals surface area contributed by atoms with E-state index < -0.39 is 0 Å². The van der Waals surface area contributed by atoms with Gasteiger partial charge in [0.15, 0.2) is 0 Å². The van der Waals surface area contributed by atoms with Crippen LogP contribution in [0.3, 0.4) is 0 Å². The van der Waals surface area contributed by atoms with Gasteiger partial charge in [-0.15, -0.1) is 0 Å². The van der Waals surface area contributed by atoms with Gasteiger partial charge in [-0.1, -0.05) is 20.8 Å². The van der Waals surface area contributed by atoms with Gasteiger partial charge >= 0.3 is 0 Å². The Balaban J connectivity index is 2.68. The first-order chi connectivity index (χ1) is 9.95. The summed E-state index contributed by atoms with van der Waals surface area (Å²) in [5.41, 5.74) is 1.45. The Kier molecular flexibility index (Phi) is 7.68. The highest BCUT2D eigenvalue weighted by Gasteiger charge is 2.14. The minimum Gasteiger partial charge on any atom is -0.491 e. The number of aryl methyl sites for hydroxylation is 1. The first kappa shape index (κ1) is 17.9. The number of ether oxygens (including phenoxy) is 2. The Labute approximate surface area is 127 Å². The largest absolute Gasteiger partial charge is 0.491 e. The molecule has 0 bridgehead atoms. The average Bonchev–Trinajstić information content (AvgIpc) is 2.41. The average molecular weight is 297 g/mol. The van der Waals surface area contributed by atoms with Crippen LogP contribution in [0, 0.1) is 18.7 Å². The van der Waals surface area contributed by atoms with Crippen LogP contribution in [0.5, 0.6) is 5.75 Å². The number of nitrogens with one attached hydrogen (secondary N) is 1. The van der Waals surface area contributed by atoms with Gasteiger partial charge in [0, 0.05) is 18.2 Å². The van der Waals surface area contributed by atoms with Gasteiger partial charge < -0.3 is 14.8 Å². The molecule has 0 aliphatic carbocycles. The Morgan fingerprint density at radius 1 is 1.19 bits per heavy atom. The molecule has 1 N–H and O–H groups in total. The molecule has 0 saturated carbocycles. The summed E-state index contributed by atoms with van der Waals surface area (Å²) in [6.07, 6.45) is 0. The number of halogens is 1. The predicted molar refractivity (Wildman–Crippen MR) is 84.4 cm³/mol. The third kappa shape index (κ3) is 6.02. The van der Waals surface area contributed by atoms with Crippen LogP contribution in [0.2, 0.25) is 0 Å². The van der Waals surface area contributed by atoms with E-state index >= 15 is 0 Å². The molecule has 1 rings (SSSR count). The fourth-order valence-corrected chi connectivity index (χ4v) is 2.08. The van der Waals surface area contributed by atoms with E-state index in [4.69, 9.17) is 9.47 Å². The maximum Gasteiger partial charge on any atom is 0.126 e. The third-order valence-corrected chi connectivity index (χ3v) is 3.20. The zero-order chi connectivity index (χ0) is 15.8. The molecule has 0 saturated heterocycles. The van der Waals surface area contributed by atoms with Crippen molar-refractivity contribution in [1.82, 2.24) is 5.32 Å². The van der Waals surface area contributed by atoms with Gasteiger partial charge in [-0.2, -0.15) is 0 Å². The minimum absolute atomic E-state index is 0.0525. The quantitative estimate of drug-likeness (QED) is 0.702. The fraction of sp³-hybridized carbons (Fsp3) is 0.647. The van der Waals surface area contributed by atoms with Crippen molar-refractivity contribution in [2.24, 2.45) is 5.92 Å². The molecule has 0 spiro atoms. The Morgan fingerprint density at radius 3 is 2.52 bits per heavy atom. The van der Waals surface area contributed by atoms with Crippen LogP contribution in [0.25, 0.3) is 0 Å². The molecule has 0 heterocycles. The Bertz CT molecular complexity index is 435. The topological polar surface area (TPSA) is 30.5 Å². The molecule has 0 aromatic heterocycles. The lowest BCUT2D eigenvalue weighted by Crippen LogP contribution is -2.19. The Morgan fingerprint density at radius 2 is 1.90 bits per heavy atom. The van der Waals surface area contributed by atoms with Crippen LogP contribution in [-0.4, -0.2) is 26.4 Å². The molecule has 1 aromatic rings. The number of benzene rings is 1. The molecular formula is C17H28FNO2. The SMILES string of the molecule is CCNC(C)c1cc(F)c(C)cc1OCCOCC(C)C.